The van der Waals surface area contributed by atoms with Gasteiger partial charge in [-0.15, -0.1) is 0 Å². The van der Waals surface area contributed by atoms with Gasteiger partial charge in [-0.3, -0.25) is 0 Å². The molecule has 1 heterocycles. The molecule has 1 N–H and O–H groups in total. The van der Waals surface area contributed by atoms with E-state index in [1.165, 1.54) is 16.8 Å². The molecule has 1 aliphatic heterocycles. The standard InChI is InChI=1S/C17H18N2/c1-13-11-16(18)12-19(13)17-9-7-15(8-10-17)14-5-3-2-4-6-14/h2-10,13,18H,11-12H2,1H3. The van der Waals surface area contributed by atoms with E-state index in [1.807, 2.05) is 6.07 Å². The van der Waals surface area contributed by atoms with Gasteiger partial charge in [0.25, 0.3) is 0 Å². The van der Waals surface area contributed by atoms with Crippen LogP contribution in [0.2, 0.25) is 0 Å². The van der Waals surface area contributed by atoms with E-state index in [0.29, 0.717) is 6.04 Å². The van der Waals surface area contributed by atoms with Gasteiger partial charge in [0.1, 0.15) is 0 Å². The van der Waals surface area contributed by atoms with Crippen molar-refractivity contribution in [3.05, 3.63) is 54.6 Å². The number of nitrogens with one attached hydrogen (secondary N) is 1. The third-order valence-electron chi connectivity index (χ3n) is 3.74. The van der Waals surface area contributed by atoms with Crippen LogP contribution >= 0.6 is 0 Å². The van der Waals surface area contributed by atoms with Gasteiger partial charge in [0, 0.05) is 23.9 Å². The van der Waals surface area contributed by atoms with Crippen molar-refractivity contribution in [3.63, 3.8) is 0 Å². The van der Waals surface area contributed by atoms with Gasteiger partial charge in [-0.2, -0.15) is 0 Å². The second kappa shape index (κ2) is 4.88. The van der Waals surface area contributed by atoms with Gasteiger partial charge in [0.05, 0.1) is 6.54 Å². The van der Waals surface area contributed by atoms with Crippen molar-refractivity contribution in [3.8, 4) is 11.1 Å². The van der Waals surface area contributed by atoms with Crippen molar-refractivity contribution in [2.75, 3.05) is 11.4 Å². The molecule has 96 valence electrons. The van der Waals surface area contributed by atoms with Crippen molar-refractivity contribution < 1.29 is 0 Å². The van der Waals surface area contributed by atoms with Crippen LogP contribution in [0.5, 0.6) is 0 Å². The summed E-state index contributed by atoms with van der Waals surface area (Å²) in [5.41, 5.74) is 4.54. The number of nitrogens with zero attached hydrogens (tertiary/aromatic N) is 1. The molecule has 2 heteroatoms. The highest BCUT2D eigenvalue weighted by Gasteiger charge is 2.24. The minimum Gasteiger partial charge on any atom is -0.363 e. The summed E-state index contributed by atoms with van der Waals surface area (Å²) in [5, 5.41) is 7.79. The lowest BCUT2D eigenvalue weighted by Gasteiger charge is -2.23. The maximum Gasteiger partial charge on any atom is 0.0559 e. The lowest BCUT2D eigenvalue weighted by atomic mass is 10.1. The van der Waals surface area contributed by atoms with Crippen LogP contribution in [0.15, 0.2) is 54.6 Å². The zero-order valence-electron chi connectivity index (χ0n) is 11.1. The fourth-order valence-corrected chi connectivity index (χ4v) is 2.71. The lowest BCUT2D eigenvalue weighted by molar-refractivity contribution is 0.751. The van der Waals surface area contributed by atoms with Crippen molar-refractivity contribution in [2.45, 2.75) is 19.4 Å². The Balaban J connectivity index is 1.85. The summed E-state index contributed by atoms with van der Waals surface area (Å²) in [4.78, 5) is 2.30. The quantitative estimate of drug-likeness (QED) is 0.857. The molecule has 19 heavy (non-hydrogen) atoms. The molecule has 0 bridgehead atoms. The smallest absolute Gasteiger partial charge is 0.0559 e. The summed E-state index contributed by atoms with van der Waals surface area (Å²) in [5.74, 6) is 0. The summed E-state index contributed by atoms with van der Waals surface area (Å²) in [6.07, 6.45) is 0.889. The van der Waals surface area contributed by atoms with E-state index in [4.69, 9.17) is 5.41 Å². The average molecular weight is 250 g/mol. The monoisotopic (exact) mass is 250 g/mol. The highest BCUT2D eigenvalue weighted by Crippen LogP contribution is 2.27. The molecule has 2 aromatic rings. The molecule has 1 fully saturated rings. The van der Waals surface area contributed by atoms with Crippen LogP contribution in [0.3, 0.4) is 0 Å². The van der Waals surface area contributed by atoms with E-state index in [1.54, 1.807) is 0 Å². The molecule has 1 atom stereocenters. The first-order valence-electron chi connectivity index (χ1n) is 6.72. The Morgan fingerprint density at radius 3 is 2.16 bits per heavy atom. The van der Waals surface area contributed by atoms with E-state index >= 15 is 0 Å². The second-order valence-electron chi connectivity index (χ2n) is 5.20. The first-order valence-corrected chi connectivity index (χ1v) is 6.72. The predicted octanol–water partition coefficient (Wildman–Crippen LogP) is 3.97. The number of rotatable bonds is 2. The molecule has 1 saturated heterocycles. The average Bonchev–Trinajstić information content (AvgIpc) is 2.79. The Bertz CT molecular complexity index is 572. The number of hydrogen-bond donors (Lipinski definition) is 1. The van der Waals surface area contributed by atoms with Crippen LogP contribution in [0.1, 0.15) is 13.3 Å². The van der Waals surface area contributed by atoms with Gasteiger partial charge in [0.15, 0.2) is 0 Å². The largest absolute Gasteiger partial charge is 0.363 e. The third kappa shape index (κ3) is 2.39. The highest BCUT2D eigenvalue weighted by atomic mass is 15.2. The predicted molar refractivity (Wildman–Crippen MR) is 81.0 cm³/mol. The summed E-state index contributed by atoms with van der Waals surface area (Å²) in [7, 11) is 0. The number of benzene rings is 2. The molecular formula is C17H18N2. The van der Waals surface area contributed by atoms with Gasteiger partial charge >= 0.3 is 0 Å². The maximum absolute atomic E-state index is 7.79. The molecule has 0 aromatic heterocycles. The van der Waals surface area contributed by atoms with Crippen LogP contribution in [0.25, 0.3) is 11.1 Å². The lowest BCUT2D eigenvalue weighted by Crippen LogP contribution is -2.26. The van der Waals surface area contributed by atoms with Gasteiger partial charge in [-0.1, -0.05) is 42.5 Å². The first-order chi connectivity index (χ1) is 9.24. The van der Waals surface area contributed by atoms with Crippen LogP contribution in [-0.2, 0) is 0 Å². The first kappa shape index (κ1) is 12.0. The molecule has 1 unspecified atom stereocenters. The fraction of sp³-hybridized carbons (Fsp3) is 0.235. The zero-order valence-corrected chi connectivity index (χ0v) is 11.1. The van der Waals surface area contributed by atoms with Crippen LogP contribution in [-0.4, -0.2) is 18.3 Å². The van der Waals surface area contributed by atoms with Crippen molar-refractivity contribution in [2.24, 2.45) is 0 Å². The molecule has 0 radical (unpaired) electrons. The SMILES string of the molecule is CC1CC(=N)CN1c1ccc(-c2ccccc2)cc1. The van der Waals surface area contributed by atoms with Crippen LogP contribution < -0.4 is 4.90 Å². The third-order valence-corrected chi connectivity index (χ3v) is 3.74. The molecule has 0 saturated carbocycles. The normalized spacial score (nSPS) is 18.9. The Hall–Kier alpha value is -2.09. The molecule has 0 amide bonds. The Morgan fingerprint density at radius 2 is 1.58 bits per heavy atom. The summed E-state index contributed by atoms with van der Waals surface area (Å²) < 4.78 is 0. The van der Waals surface area contributed by atoms with Gasteiger partial charge in [0.2, 0.25) is 0 Å². The van der Waals surface area contributed by atoms with E-state index in [9.17, 15) is 0 Å². The molecule has 2 aromatic carbocycles. The van der Waals surface area contributed by atoms with E-state index in [-0.39, 0.29) is 0 Å². The van der Waals surface area contributed by atoms with Crippen LogP contribution in [0.4, 0.5) is 5.69 Å². The molecular weight excluding hydrogens is 232 g/mol. The summed E-state index contributed by atoms with van der Waals surface area (Å²) >= 11 is 0. The van der Waals surface area contributed by atoms with Crippen molar-refractivity contribution in [1.82, 2.24) is 0 Å². The number of hydrogen-bond acceptors (Lipinski definition) is 2. The van der Waals surface area contributed by atoms with E-state index < -0.39 is 0 Å². The molecule has 2 nitrogen and oxygen atoms in total. The van der Waals surface area contributed by atoms with Crippen molar-refractivity contribution >= 4 is 11.4 Å². The van der Waals surface area contributed by atoms with E-state index in [2.05, 4.69) is 60.4 Å². The van der Waals surface area contributed by atoms with Gasteiger partial charge < -0.3 is 10.3 Å². The molecule has 1 aliphatic rings. The minimum atomic E-state index is 0.440. The van der Waals surface area contributed by atoms with Crippen molar-refractivity contribution in [1.29, 1.82) is 5.41 Å². The molecule has 0 spiro atoms. The van der Waals surface area contributed by atoms with E-state index in [0.717, 1.165) is 18.7 Å². The van der Waals surface area contributed by atoms with Crippen LogP contribution in [0, 0.1) is 5.41 Å². The number of anilines is 1. The Morgan fingerprint density at radius 1 is 0.947 bits per heavy atom. The topological polar surface area (TPSA) is 27.1 Å². The zero-order chi connectivity index (χ0) is 13.2. The maximum atomic E-state index is 7.79. The Labute approximate surface area is 114 Å². The minimum absolute atomic E-state index is 0.440. The fourth-order valence-electron chi connectivity index (χ4n) is 2.71. The second-order valence-corrected chi connectivity index (χ2v) is 5.20. The Kier molecular flexibility index (Phi) is 3.08. The molecule has 0 aliphatic carbocycles. The summed E-state index contributed by atoms with van der Waals surface area (Å²) in [6.45, 7) is 2.96. The molecule has 3 rings (SSSR count). The summed E-state index contributed by atoms with van der Waals surface area (Å²) in [6, 6.07) is 19.5. The van der Waals surface area contributed by atoms with Gasteiger partial charge in [-0.25, -0.2) is 0 Å². The highest BCUT2D eigenvalue weighted by molar-refractivity contribution is 5.90. The van der Waals surface area contributed by atoms with Gasteiger partial charge in [-0.05, 0) is 30.2 Å².